The normalized spacial score (nSPS) is 15.5. The van der Waals surface area contributed by atoms with Gasteiger partial charge in [0.25, 0.3) is 11.8 Å². The Balaban J connectivity index is 1.42. The minimum atomic E-state index is -1.36. The average Bonchev–Trinajstić information content (AvgIpc) is 3.36. The number of imide groups is 1. The van der Waals surface area contributed by atoms with Crippen LogP contribution in [-0.4, -0.2) is 53.2 Å². The Hall–Kier alpha value is -4.21. The van der Waals surface area contributed by atoms with E-state index in [1.165, 1.54) is 0 Å². The monoisotopic (exact) mass is 522 g/mol. The van der Waals surface area contributed by atoms with Gasteiger partial charge in [0, 0.05) is 25.2 Å². The number of fused-ring (bicyclic) bond motifs is 3. The van der Waals surface area contributed by atoms with Crippen LogP contribution < -0.4 is 5.32 Å². The predicted octanol–water partition coefficient (Wildman–Crippen LogP) is 3.62. The standard InChI is InChI=1S/C28H30N2O8/c1-28(2,3)37-25(33)15-12-22(26(34)38-30-23(31)13-14-24(30)32)29-27(35)36-16-21-19-10-6-4-8-17(19)18-9-5-7-11-20(18)21/h4-11,21-22H,12-16H2,1-3H3,(H,29,35). The van der Waals surface area contributed by atoms with Crippen LogP contribution in [0.3, 0.4) is 0 Å². The molecule has 0 radical (unpaired) electrons. The number of hydrogen-bond donors (Lipinski definition) is 1. The number of benzene rings is 2. The van der Waals surface area contributed by atoms with E-state index < -0.39 is 41.5 Å². The first kappa shape index (κ1) is 26.8. The largest absolute Gasteiger partial charge is 0.460 e. The van der Waals surface area contributed by atoms with Crippen LogP contribution in [0.4, 0.5) is 4.79 Å². The molecule has 1 unspecified atom stereocenters. The molecule has 1 saturated heterocycles. The molecule has 1 atom stereocenters. The summed E-state index contributed by atoms with van der Waals surface area (Å²) >= 11 is 0. The minimum absolute atomic E-state index is 0.0107. The third-order valence-electron chi connectivity index (χ3n) is 6.16. The summed E-state index contributed by atoms with van der Waals surface area (Å²) in [4.78, 5) is 66.5. The summed E-state index contributed by atoms with van der Waals surface area (Å²) in [5, 5.41) is 2.81. The Bertz CT molecular complexity index is 1200. The zero-order valence-electron chi connectivity index (χ0n) is 21.5. The quantitative estimate of drug-likeness (QED) is 0.411. The van der Waals surface area contributed by atoms with Gasteiger partial charge in [-0.25, -0.2) is 9.59 Å². The maximum absolute atomic E-state index is 12.8. The van der Waals surface area contributed by atoms with E-state index in [9.17, 15) is 24.0 Å². The molecular weight excluding hydrogens is 492 g/mol. The van der Waals surface area contributed by atoms with E-state index >= 15 is 0 Å². The average molecular weight is 523 g/mol. The number of hydroxylamine groups is 2. The Kier molecular flexibility index (Phi) is 7.80. The smallest absolute Gasteiger partial charge is 0.407 e. The van der Waals surface area contributed by atoms with E-state index in [-0.39, 0.29) is 38.2 Å². The van der Waals surface area contributed by atoms with Crippen molar-refractivity contribution < 1.29 is 38.3 Å². The molecule has 0 spiro atoms. The highest BCUT2D eigenvalue weighted by atomic mass is 16.7. The Morgan fingerprint density at radius 1 is 0.947 bits per heavy atom. The Morgan fingerprint density at radius 3 is 2.05 bits per heavy atom. The van der Waals surface area contributed by atoms with Crippen LogP contribution in [0.15, 0.2) is 48.5 Å². The van der Waals surface area contributed by atoms with E-state index in [4.69, 9.17) is 14.3 Å². The van der Waals surface area contributed by atoms with Crippen molar-refractivity contribution in [2.75, 3.05) is 6.61 Å². The number of amides is 3. The number of carbonyl (C=O) groups is 5. The van der Waals surface area contributed by atoms with Crippen LogP contribution in [-0.2, 0) is 33.5 Å². The summed E-state index contributed by atoms with van der Waals surface area (Å²) in [6, 6.07) is 14.3. The summed E-state index contributed by atoms with van der Waals surface area (Å²) in [6.07, 6.45) is -1.46. The summed E-state index contributed by atoms with van der Waals surface area (Å²) in [5.74, 6) is -3.16. The van der Waals surface area contributed by atoms with Crippen LogP contribution in [0.1, 0.15) is 63.5 Å². The van der Waals surface area contributed by atoms with Gasteiger partial charge in [0.15, 0.2) is 0 Å². The van der Waals surface area contributed by atoms with Crippen molar-refractivity contribution >= 4 is 29.8 Å². The highest BCUT2D eigenvalue weighted by Gasteiger charge is 2.36. The van der Waals surface area contributed by atoms with Gasteiger partial charge in [0.1, 0.15) is 18.2 Å². The molecule has 2 aromatic rings. The fourth-order valence-corrected chi connectivity index (χ4v) is 4.50. The van der Waals surface area contributed by atoms with Crippen molar-refractivity contribution in [1.29, 1.82) is 0 Å². The van der Waals surface area contributed by atoms with E-state index in [1.807, 2.05) is 48.5 Å². The Morgan fingerprint density at radius 2 is 1.50 bits per heavy atom. The zero-order valence-corrected chi connectivity index (χ0v) is 21.5. The summed E-state index contributed by atoms with van der Waals surface area (Å²) in [6.45, 7) is 5.12. The number of alkyl carbamates (subject to hydrolysis) is 1. The number of rotatable bonds is 8. The van der Waals surface area contributed by atoms with Crippen molar-refractivity contribution in [1.82, 2.24) is 10.4 Å². The van der Waals surface area contributed by atoms with E-state index in [0.717, 1.165) is 22.3 Å². The second-order valence-electron chi connectivity index (χ2n) is 10.1. The number of carbonyl (C=O) groups excluding carboxylic acids is 5. The predicted molar refractivity (Wildman–Crippen MR) is 134 cm³/mol. The summed E-state index contributed by atoms with van der Waals surface area (Å²) < 4.78 is 10.8. The molecule has 200 valence electrons. The van der Waals surface area contributed by atoms with E-state index in [0.29, 0.717) is 5.06 Å². The van der Waals surface area contributed by atoms with Gasteiger partial charge in [0.2, 0.25) is 0 Å². The molecule has 10 heteroatoms. The van der Waals surface area contributed by atoms with Gasteiger partial charge >= 0.3 is 18.0 Å². The first-order valence-corrected chi connectivity index (χ1v) is 12.4. The molecule has 1 aliphatic carbocycles. The molecule has 1 aliphatic heterocycles. The fourth-order valence-electron chi connectivity index (χ4n) is 4.50. The van der Waals surface area contributed by atoms with Crippen molar-refractivity contribution in [3.63, 3.8) is 0 Å². The van der Waals surface area contributed by atoms with Crippen LogP contribution in [0, 0.1) is 0 Å². The van der Waals surface area contributed by atoms with Crippen LogP contribution in [0.5, 0.6) is 0 Å². The van der Waals surface area contributed by atoms with Crippen LogP contribution in [0.2, 0.25) is 0 Å². The highest BCUT2D eigenvalue weighted by Crippen LogP contribution is 2.44. The molecule has 1 fully saturated rings. The van der Waals surface area contributed by atoms with Gasteiger partial charge in [-0.05, 0) is 49.4 Å². The van der Waals surface area contributed by atoms with Gasteiger partial charge in [0.05, 0.1) is 0 Å². The maximum atomic E-state index is 12.8. The van der Waals surface area contributed by atoms with Crippen molar-refractivity contribution in [2.24, 2.45) is 0 Å². The zero-order chi connectivity index (χ0) is 27.4. The van der Waals surface area contributed by atoms with Gasteiger partial charge in [-0.15, -0.1) is 5.06 Å². The van der Waals surface area contributed by atoms with E-state index in [1.54, 1.807) is 20.8 Å². The lowest BCUT2D eigenvalue weighted by Gasteiger charge is -2.22. The first-order chi connectivity index (χ1) is 18.0. The van der Waals surface area contributed by atoms with Gasteiger partial charge in [-0.1, -0.05) is 48.5 Å². The van der Waals surface area contributed by atoms with Gasteiger partial charge in [-0.3, -0.25) is 14.4 Å². The van der Waals surface area contributed by atoms with Crippen molar-refractivity contribution in [2.45, 2.75) is 64.0 Å². The molecule has 4 rings (SSSR count). The second-order valence-corrected chi connectivity index (χ2v) is 10.1. The molecule has 1 N–H and O–H groups in total. The van der Waals surface area contributed by atoms with Crippen LogP contribution >= 0.6 is 0 Å². The molecule has 2 aliphatic rings. The highest BCUT2D eigenvalue weighted by molar-refractivity contribution is 6.02. The number of esters is 1. The fraction of sp³-hybridized carbons (Fsp3) is 0.393. The van der Waals surface area contributed by atoms with Crippen molar-refractivity contribution in [3.05, 3.63) is 59.7 Å². The molecular formula is C28H30N2O8. The second kappa shape index (κ2) is 11.0. The molecule has 3 amide bonds. The van der Waals surface area contributed by atoms with Gasteiger partial charge in [-0.2, -0.15) is 0 Å². The Labute approximate surface area is 220 Å². The molecule has 1 heterocycles. The molecule has 2 aromatic carbocycles. The van der Waals surface area contributed by atoms with Crippen LogP contribution in [0.25, 0.3) is 11.1 Å². The lowest BCUT2D eigenvalue weighted by Crippen LogP contribution is -2.46. The SMILES string of the molecule is CC(C)(C)OC(=O)CCC(NC(=O)OCC1c2ccccc2-c2ccccc21)C(=O)ON1C(=O)CCC1=O. The molecule has 0 saturated carbocycles. The first-order valence-electron chi connectivity index (χ1n) is 12.4. The third kappa shape index (κ3) is 6.19. The molecule has 0 bridgehead atoms. The topological polar surface area (TPSA) is 128 Å². The molecule has 0 aromatic heterocycles. The number of nitrogens with one attached hydrogen (secondary N) is 1. The van der Waals surface area contributed by atoms with Gasteiger partial charge < -0.3 is 19.6 Å². The molecule has 38 heavy (non-hydrogen) atoms. The molecule has 10 nitrogen and oxygen atoms in total. The van der Waals surface area contributed by atoms with Crippen molar-refractivity contribution in [3.8, 4) is 11.1 Å². The maximum Gasteiger partial charge on any atom is 0.407 e. The third-order valence-corrected chi connectivity index (χ3v) is 6.16. The number of nitrogens with zero attached hydrogens (tertiary/aromatic N) is 1. The number of ether oxygens (including phenoxy) is 2. The lowest BCUT2D eigenvalue weighted by molar-refractivity contribution is -0.199. The number of hydrogen-bond acceptors (Lipinski definition) is 8. The minimum Gasteiger partial charge on any atom is -0.460 e. The van der Waals surface area contributed by atoms with E-state index in [2.05, 4.69) is 5.32 Å². The summed E-state index contributed by atoms with van der Waals surface area (Å²) in [7, 11) is 0. The lowest BCUT2D eigenvalue weighted by atomic mass is 9.98. The summed E-state index contributed by atoms with van der Waals surface area (Å²) in [5.41, 5.74) is 3.44.